The summed E-state index contributed by atoms with van der Waals surface area (Å²) >= 11 is 0. The van der Waals surface area contributed by atoms with Crippen molar-refractivity contribution in [2.24, 2.45) is 5.73 Å². The van der Waals surface area contributed by atoms with Crippen LogP contribution in [0.1, 0.15) is 82.1 Å². The lowest BCUT2D eigenvalue weighted by atomic mass is 10.0. The molecule has 3 aromatic rings. The molecule has 0 spiro atoms. The maximum Gasteiger partial charge on any atom is 0.323 e. The number of fused-ring (bicyclic) bond motifs is 1. The third-order valence-corrected chi connectivity index (χ3v) is 8.91. The van der Waals surface area contributed by atoms with Crippen LogP contribution in [0.15, 0.2) is 48.7 Å². The third-order valence-electron chi connectivity index (χ3n) is 8.91. The standard InChI is InChI=1S/C37H49N7O6/c1-7-29-34(46)43(5)30-22-40-36(42-32(30)44(29)25-10-8-9-11-25)41-28-17-14-24(20-31(28)48-6)33(45)39-21-23-12-15-26(16-13-23)49-19-18-27(38)35(47)50-37(2,3)4/h12-17,20,22,25,27,29H,7-11,18-19,21,38H2,1-6H3,(H,39,45)(H,40,41,42)/t27-,29+/m0/s1. The number of methoxy groups -OCH3 is 1. The number of nitrogens with one attached hydrogen (secondary N) is 2. The van der Waals surface area contributed by atoms with Crippen molar-refractivity contribution in [3.8, 4) is 11.5 Å². The molecule has 0 saturated heterocycles. The van der Waals surface area contributed by atoms with Crippen molar-refractivity contribution < 1.29 is 28.6 Å². The van der Waals surface area contributed by atoms with Crippen LogP contribution in [0.4, 0.5) is 23.1 Å². The Morgan fingerprint density at radius 3 is 2.48 bits per heavy atom. The molecule has 2 heterocycles. The number of carbonyl (C=O) groups is 3. The van der Waals surface area contributed by atoms with Crippen molar-refractivity contribution in [1.29, 1.82) is 0 Å². The number of ether oxygens (including phenoxy) is 3. The number of nitrogens with two attached hydrogens (primary N) is 1. The molecule has 1 saturated carbocycles. The molecular formula is C37H49N7O6. The maximum absolute atomic E-state index is 13.2. The number of benzene rings is 2. The Hall–Kier alpha value is -4.91. The van der Waals surface area contributed by atoms with Gasteiger partial charge in [0, 0.05) is 31.6 Å². The van der Waals surface area contributed by atoms with E-state index in [0.717, 1.165) is 37.1 Å². The Bertz CT molecular complexity index is 1670. The van der Waals surface area contributed by atoms with Crippen LogP contribution in [0.25, 0.3) is 0 Å². The molecule has 1 aliphatic carbocycles. The number of esters is 1. The predicted molar refractivity (Wildman–Crippen MR) is 192 cm³/mol. The minimum absolute atomic E-state index is 0.0622. The molecule has 1 aromatic heterocycles. The van der Waals surface area contributed by atoms with E-state index in [0.29, 0.717) is 53.8 Å². The molecule has 0 unspecified atom stereocenters. The highest BCUT2D eigenvalue weighted by Gasteiger charge is 2.41. The number of aromatic nitrogens is 2. The van der Waals surface area contributed by atoms with Crippen LogP contribution in [-0.2, 0) is 20.9 Å². The number of hydrogen-bond donors (Lipinski definition) is 3. The van der Waals surface area contributed by atoms with Gasteiger partial charge in [0.25, 0.3) is 5.91 Å². The van der Waals surface area contributed by atoms with Gasteiger partial charge >= 0.3 is 5.97 Å². The highest BCUT2D eigenvalue weighted by atomic mass is 16.6. The van der Waals surface area contributed by atoms with Crippen LogP contribution in [0.3, 0.4) is 0 Å². The average molecular weight is 688 g/mol. The summed E-state index contributed by atoms with van der Waals surface area (Å²) in [6.45, 7) is 8.00. The highest BCUT2D eigenvalue weighted by molar-refractivity contribution is 6.04. The Morgan fingerprint density at radius 2 is 1.82 bits per heavy atom. The average Bonchev–Trinajstić information content (AvgIpc) is 3.63. The van der Waals surface area contributed by atoms with E-state index in [1.165, 1.54) is 0 Å². The Balaban J connectivity index is 1.18. The Kier molecular flexibility index (Phi) is 11.5. The smallest absolute Gasteiger partial charge is 0.323 e. The van der Waals surface area contributed by atoms with E-state index in [1.54, 1.807) is 76.4 Å². The quantitative estimate of drug-likeness (QED) is 0.205. The molecule has 268 valence electrons. The number of rotatable bonds is 13. The van der Waals surface area contributed by atoms with Gasteiger partial charge < -0.3 is 40.4 Å². The van der Waals surface area contributed by atoms with Gasteiger partial charge in [-0.05, 0) is 75.9 Å². The molecule has 0 bridgehead atoms. The molecule has 13 nitrogen and oxygen atoms in total. The van der Waals surface area contributed by atoms with Crippen molar-refractivity contribution in [2.75, 3.05) is 35.9 Å². The number of nitrogens with zero attached hydrogens (tertiary/aromatic N) is 4. The fourth-order valence-electron chi connectivity index (χ4n) is 6.29. The van der Waals surface area contributed by atoms with E-state index in [-0.39, 0.29) is 30.5 Å². The van der Waals surface area contributed by atoms with Gasteiger partial charge in [-0.2, -0.15) is 4.98 Å². The molecule has 5 rings (SSSR count). The van der Waals surface area contributed by atoms with Crippen LogP contribution in [0.5, 0.6) is 11.5 Å². The van der Waals surface area contributed by atoms with Crippen LogP contribution >= 0.6 is 0 Å². The molecule has 2 aromatic carbocycles. The minimum Gasteiger partial charge on any atom is -0.495 e. The summed E-state index contributed by atoms with van der Waals surface area (Å²) < 4.78 is 16.7. The molecule has 50 heavy (non-hydrogen) atoms. The van der Waals surface area contributed by atoms with E-state index < -0.39 is 17.6 Å². The zero-order valence-electron chi connectivity index (χ0n) is 29.8. The fraction of sp³-hybridized carbons (Fsp3) is 0.486. The number of anilines is 4. The monoisotopic (exact) mass is 687 g/mol. The van der Waals surface area contributed by atoms with Crippen LogP contribution in [0.2, 0.25) is 0 Å². The van der Waals surface area contributed by atoms with E-state index in [2.05, 4.69) is 20.5 Å². The second kappa shape index (κ2) is 15.8. The highest BCUT2D eigenvalue weighted by Crippen LogP contribution is 2.40. The summed E-state index contributed by atoms with van der Waals surface area (Å²) in [5, 5.41) is 6.20. The number of amides is 2. The van der Waals surface area contributed by atoms with Crippen molar-refractivity contribution in [3.05, 3.63) is 59.8 Å². The Labute approximate surface area is 293 Å². The molecule has 4 N–H and O–H groups in total. The molecule has 0 radical (unpaired) electrons. The predicted octanol–water partition coefficient (Wildman–Crippen LogP) is 5.10. The van der Waals surface area contributed by atoms with Crippen molar-refractivity contribution >= 4 is 40.9 Å². The number of likely N-dealkylation sites (N-methyl/N-ethyl adjacent to an activating group) is 1. The summed E-state index contributed by atoms with van der Waals surface area (Å²) in [5.74, 6) is 1.55. The molecule has 2 aliphatic rings. The van der Waals surface area contributed by atoms with Crippen molar-refractivity contribution in [1.82, 2.24) is 15.3 Å². The SMILES string of the molecule is CC[C@@H]1C(=O)N(C)c2cnc(Nc3ccc(C(=O)NCc4ccc(OCC[C@H](N)C(=O)OC(C)(C)C)cc4)cc3OC)nc2N1C1CCCC1. The fourth-order valence-corrected chi connectivity index (χ4v) is 6.29. The maximum atomic E-state index is 13.2. The van der Waals surface area contributed by atoms with Crippen molar-refractivity contribution in [3.63, 3.8) is 0 Å². The van der Waals surface area contributed by atoms with Gasteiger partial charge in [-0.3, -0.25) is 14.4 Å². The molecule has 13 heteroatoms. The molecule has 1 fully saturated rings. The normalized spacial score (nSPS) is 16.9. The van der Waals surface area contributed by atoms with Gasteiger partial charge in [-0.25, -0.2) is 4.98 Å². The first-order valence-corrected chi connectivity index (χ1v) is 17.2. The van der Waals surface area contributed by atoms with E-state index in [9.17, 15) is 14.4 Å². The molecule has 1 aliphatic heterocycles. The summed E-state index contributed by atoms with van der Waals surface area (Å²) in [7, 11) is 3.32. The topological polar surface area (TPSA) is 161 Å². The lowest BCUT2D eigenvalue weighted by Gasteiger charge is -2.43. The minimum atomic E-state index is -0.764. The van der Waals surface area contributed by atoms with E-state index in [4.69, 9.17) is 24.9 Å². The molecular weight excluding hydrogens is 638 g/mol. The van der Waals surface area contributed by atoms with Gasteiger partial charge in [0.15, 0.2) is 5.82 Å². The second-order valence-corrected chi connectivity index (χ2v) is 13.7. The van der Waals surface area contributed by atoms with E-state index >= 15 is 0 Å². The molecule has 2 amide bonds. The van der Waals surface area contributed by atoms with Gasteiger partial charge in [0.05, 0.1) is 25.6 Å². The van der Waals surface area contributed by atoms with Gasteiger partial charge in [0.1, 0.15) is 34.9 Å². The van der Waals surface area contributed by atoms with Crippen LogP contribution in [-0.4, -0.2) is 72.2 Å². The second-order valence-electron chi connectivity index (χ2n) is 13.7. The zero-order chi connectivity index (χ0) is 36.0. The Morgan fingerprint density at radius 1 is 1.10 bits per heavy atom. The first kappa shape index (κ1) is 36.4. The van der Waals surface area contributed by atoms with E-state index in [1.807, 2.05) is 19.1 Å². The third kappa shape index (κ3) is 8.62. The summed E-state index contributed by atoms with van der Waals surface area (Å²) in [6.07, 6.45) is 7.05. The van der Waals surface area contributed by atoms with Gasteiger partial charge in [-0.1, -0.05) is 31.9 Å². The summed E-state index contributed by atoms with van der Waals surface area (Å²) in [5.41, 5.74) is 7.94. The van der Waals surface area contributed by atoms with Crippen molar-refractivity contribution in [2.45, 2.75) is 96.5 Å². The molecule has 2 atom stereocenters. The summed E-state index contributed by atoms with van der Waals surface area (Å²) in [6, 6.07) is 11.7. The van der Waals surface area contributed by atoms with Crippen LogP contribution < -0.4 is 35.6 Å². The lowest BCUT2D eigenvalue weighted by Crippen LogP contribution is -2.55. The van der Waals surface area contributed by atoms with Gasteiger partial charge in [-0.15, -0.1) is 0 Å². The lowest BCUT2D eigenvalue weighted by molar-refractivity contribution is -0.156. The largest absolute Gasteiger partial charge is 0.495 e. The first-order chi connectivity index (χ1) is 23.9. The number of carbonyl (C=O) groups excluding carboxylic acids is 3. The van der Waals surface area contributed by atoms with Gasteiger partial charge in [0.2, 0.25) is 11.9 Å². The number of hydrogen-bond acceptors (Lipinski definition) is 11. The van der Waals surface area contributed by atoms with Crippen LogP contribution in [0, 0.1) is 0 Å². The summed E-state index contributed by atoms with van der Waals surface area (Å²) in [4.78, 5) is 51.6. The first-order valence-electron chi connectivity index (χ1n) is 17.2. The zero-order valence-corrected chi connectivity index (χ0v) is 29.8.